The van der Waals surface area contributed by atoms with Gasteiger partial charge in [-0.25, -0.2) is 4.79 Å². The van der Waals surface area contributed by atoms with E-state index in [2.05, 4.69) is 17.3 Å². The Morgan fingerprint density at radius 3 is 2.70 bits per heavy atom. The Labute approximate surface area is 143 Å². The number of urea groups is 1. The Morgan fingerprint density at radius 2 is 2.00 bits per heavy atom. The number of rotatable bonds is 5. The number of carbonyl (C=O) groups excluding carboxylic acids is 1. The van der Waals surface area contributed by atoms with Gasteiger partial charge in [0.05, 0.1) is 5.25 Å². The lowest BCUT2D eigenvalue weighted by Gasteiger charge is -2.35. The number of piperidine rings is 1. The van der Waals surface area contributed by atoms with Crippen LogP contribution in [0.15, 0.2) is 0 Å². The minimum atomic E-state index is -0.824. The van der Waals surface area contributed by atoms with E-state index in [9.17, 15) is 9.00 Å². The molecule has 2 rings (SSSR count). The molecular weight excluding hydrogens is 310 g/mol. The van der Waals surface area contributed by atoms with Crippen LogP contribution in [0.4, 0.5) is 4.79 Å². The number of hydrogen-bond acceptors (Lipinski definition) is 3. The number of hydrogen-bond donors (Lipinski definition) is 1. The van der Waals surface area contributed by atoms with Crippen molar-refractivity contribution in [1.82, 2.24) is 15.1 Å². The molecule has 4 unspecified atom stereocenters. The fourth-order valence-corrected chi connectivity index (χ4v) is 5.38. The molecule has 0 aromatic rings. The summed E-state index contributed by atoms with van der Waals surface area (Å²) in [6.07, 6.45) is 6.61. The first-order valence-corrected chi connectivity index (χ1v) is 10.5. The van der Waals surface area contributed by atoms with Crippen molar-refractivity contribution >= 4 is 16.8 Å². The number of likely N-dealkylation sites (tertiary alicyclic amines) is 1. The molecule has 2 fully saturated rings. The first kappa shape index (κ1) is 18.7. The van der Waals surface area contributed by atoms with Crippen LogP contribution in [-0.4, -0.2) is 70.8 Å². The summed E-state index contributed by atoms with van der Waals surface area (Å²) in [5, 5.41) is 3.30. The predicted octanol–water partition coefficient (Wildman–Crippen LogP) is 2.05. The van der Waals surface area contributed by atoms with Crippen LogP contribution >= 0.6 is 0 Å². The average Bonchev–Trinajstić information content (AvgIpc) is 2.54. The lowest BCUT2D eigenvalue weighted by Crippen LogP contribution is -2.52. The molecule has 134 valence electrons. The third kappa shape index (κ3) is 5.45. The van der Waals surface area contributed by atoms with E-state index in [4.69, 9.17) is 0 Å². The first-order valence-electron chi connectivity index (χ1n) is 9.08. The minimum Gasteiger partial charge on any atom is -0.334 e. The molecule has 1 heterocycles. The molecule has 2 aliphatic rings. The average molecular weight is 344 g/mol. The molecule has 0 spiro atoms. The van der Waals surface area contributed by atoms with Gasteiger partial charge in [0.2, 0.25) is 0 Å². The lowest BCUT2D eigenvalue weighted by molar-refractivity contribution is 0.160. The van der Waals surface area contributed by atoms with Crippen molar-refractivity contribution in [1.29, 1.82) is 0 Å². The van der Waals surface area contributed by atoms with Crippen LogP contribution in [0.1, 0.15) is 45.4 Å². The number of nitrogens with zero attached hydrogens (tertiary/aromatic N) is 2. The number of nitrogens with one attached hydrogen (secondary N) is 1. The summed E-state index contributed by atoms with van der Waals surface area (Å²) in [6, 6.07) is 0.0803. The zero-order valence-electron chi connectivity index (χ0n) is 14.9. The van der Waals surface area contributed by atoms with Gasteiger partial charge < -0.3 is 15.1 Å². The number of amides is 2. The molecular formula is C17H33N3O2S. The molecule has 2 amide bonds. The lowest BCUT2D eigenvalue weighted by atomic mass is 9.95. The molecule has 0 bridgehead atoms. The summed E-state index contributed by atoms with van der Waals surface area (Å²) in [6.45, 7) is 5.02. The predicted molar refractivity (Wildman–Crippen MR) is 96.1 cm³/mol. The third-order valence-electron chi connectivity index (χ3n) is 5.23. The van der Waals surface area contributed by atoms with E-state index in [-0.39, 0.29) is 17.3 Å². The van der Waals surface area contributed by atoms with Crippen LogP contribution in [-0.2, 0) is 10.8 Å². The van der Waals surface area contributed by atoms with Gasteiger partial charge in [-0.1, -0.05) is 19.8 Å². The number of carbonyl (C=O) groups is 1. The van der Waals surface area contributed by atoms with Gasteiger partial charge in [-0.2, -0.15) is 0 Å². The van der Waals surface area contributed by atoms with E-state index in [1.54, 1.807) is 0 Å². The highest BCUT2D eigenvalue weighted by Crippen LogP contribution is 2.23. The quantitative estimate of drug-likeness (QED) is 0.831. The van der Waals surface area contributed by atoms with E-state index in [0.717, 1.165) is 38.8 Å². The van der Waals surface area contributed by atoms with Crippen LogP contribution in [0.2, 0.25) is 0 Å². The van der Waals surface area contributed by atoms with Crippen molar-refractivity contribution in [3.05, 3.63) is 0 Å². The minimum absolute atomic E-state index is 0.00299. The Morgan fingerprint density at radius 1 is 1.26 bits per heavy atom. The largest absolute Gasteiger partial charge is 0.334 e. The highest BCUT2D eigenvalue weighted by Gasteiger charge is 2.31. The summed E-state index contributed by atoms with van der Waals surface area (Å²) in [7, 11) is 3.22. The van der Waals surface area contributed by atoms with Crippen LogP contribution in [0, 0.1) is 5.92 Å². The van der Waals surface area contributed by atoms with Crippen molar-refractivity contribution in [2.24, 2.45) is 5.92 Å². The molecule has 0 radical (unpaired) electrons. The van der Waals surface area contributed by atoms with Gasteiger partial charge in [0.15, 0.2) is 0 Å². The SMILES string of the molecule is CCS(=O)C1CCCCC1NC(=O)N(C)CC1CCCN(C)C1. The first-order chi connectivity index (χ1) is 11.0. The second-order valence-electron chi connectivity index (χ2n) is 7.20. The third-order valence-corrected chi connectivity index (χ3v) is 7.04. The van der Waals surface area contributed by atoms with Gasteiger partial charge in [-0.3, -0.25) is 4.21 Å². The monoisotopic (exact) mass is 343 g/mol. The maximum absolute atomic E-state index is 12.5. The summed E-state index contributed by atoms with van der Waals surface area (Å²) in [5.41, 5.74) is 0. The molecule has 0 aromatic carbocycles. The van der Waals surface area contributed by atoms with Gasteiger partial charge >= 0.3 is 6.03 Å². The zero-order chi connectivity index (χ0) is 16.8. The molecule has 5 nitrogen and oxygen atoms in total. The maximum Gasteiger partial charge on any atom is 0.317 e. The van der Waals surface area contributed by atoms with E-state index in [0.29, 0.717) is 11.7 Å². The fourth-order valence-electron chi connectivity index (χ4n) is 3.95. The van der Waals surface area contributed by atoms with Gasteiger partial charge in [-0.15, -0.1) is 0 Å². The smallest absolute Gasteiger partial charge is 0.317 e. The van der Waals surface area contributed by atoms with Crippen molar-refractivity contribution in [3.8, 4) is 0 Å². The van der Waals surface area contributed by atoms with Crippen molar-refractivity contribution < 1.29 is 9.00 Å². The van der Waals surface area contributed by atoms with Gasteiger partial charge in [-0.05, 0) is 45.2 Å². The molecule has 6 heteroatoms. The molecule has 1 saturated carbocycles. The molecule has 4 atom stereocenters. The molecule has 1 N–H and O–H groups in total. The second-order valence-corrected chi connectivity index (χ2v) is 9.14. The molecule has 1 aliphatic carbocycles. The van der Waals surface area contributed by atoms with Gasteiger partial charge in [0, 0.05) is 42.7 Å². The van der Waals surface area contributed by atoms with E-state index >= 15 is 0 Å². The Balaban J connectivity index is 1.85. The van der Waals surface area contributed by atoms with Crippen molar-refractivity contribution in [2.75, 3.05) is 39.5 Å². The topological polar surface area (TPSA) is 52.7 Å². The summed E-state index contributed by atoms with van der Waals surface area (Å²) in [5.74, 6) is 1.25. The van der Waals surface area contributed by atoms with Crippen LogP contribution in [0.25, 0.3) is 0 Å². The molecule has 23 heavy (non-hydrogen) atoms. The highest BCUT2D eigenvalue weighted by molar-refractivity contribution is 7.85. The van der Waals surface area contributed by atoms with Crippen LogP contribution in [0.5, 0.6) is 0 Å². The molecule has 0 aromatic heterocycles. The van der Waals surface area contributed by atoms with E-state index in [1.807, 2.05) is 18.9 Å². The molecule has 1 aliphatic heterocycles. The Hall–Kier alpha value is -0.620. The summed E-state index contributed by atoms with van der Waals surface area (Å²) in [4.78, 5) is 16.7. The van der Waals surface area contributed by atoms with E-state index < -0.39 is 10.8 Å². The highest BCUT2D eigenvalue weighted by atomic mass is 32.2. The fraction of sp³-hybridized carbons (Fsp3) is 0.941. The van der Waals surface area contributed by atoms with E-state index in [1.165, 1.54) is 19.4 Å². The molecule has 1 saturated heterocycles. The Bertz CT molecular complexity index is 419. The second kappa shape index (κ2) is 9.02. The van der Waals surface area contributed by atoms with Crippen LogP contribution in [0.3, 0.4) is 0 Å². The van der Waals surface area contributed by atoms with Gasteiger partial charge in [0.25, 0.3) is 0 Å². The van der Waals surface area contributed by atoms with Crippen LogP contribution < -0.4 is 5.32 Å². The standard InChI is InChI=1S/C17H33N3O2S/c1-4-23(22)16-10-6-5-9-15(16)18-17(21)20(3)13-14-8-7-11-19(2)12-14/h14-16H,4-13H2,1-3H3,(H,18,21). The maximum atomic E-state index is 12.5. The van der Waals surface area contributed by atoms with Gasteiger partial charge in [0.1, 0.15) is 0 Å². The summed E-state index contributed by atoms with van der Waals surface area (Å²) >= 11 is 0. The van der Waals surface area contributed by atoms with Crippen molar-refractivity contribution in [3.63, 3.8) is 0 Å². The Kier molecular flexibility index (Phi) is 7.34. The van der Waals surface area contributed by atoms with Crippen molar-refractivity contribution in [2.45, 2.75) is 56.7 Å². The normalized spacial score (nSPS) is 30.7. The summed E-state index contributed by atoms with van der Waals surface area (Å²) < 4.78 is 12.2. The zero-order valence-corrected chi connectivity index (χ0v) is 15.7.